The van der Waals surface area contributed by atoms with Gasteiger partial charge in [0.15, 0.2) is 0 Å². The molecule has 2 N–H and O–H groups in total. The van der Waals surface area contributed by atoms with Crippen LogP contribution in [0.5, 0.6) is 0 Å². The Kier molecular flexibility index (Phi) is 3.21. The average Bonchev–Trinajstić information content (AvgIpc) is 2.16. The van der Waals surface area contributed by atoms with Crippen molar-refractivity contribution in [3.05, 3.63) is 24.0 Å². The van der Waals surface area contributed by atoms with Crippen molar-refractivity contribution in [1.29, 1.82) is 0 Å². The Balaban J connectivity index is 3.13. The van der Waals surface area contributed by atoms with Crippen molar-refractivity contribution in [3.63, 3.8) is 0 Å². The molecular formula is C8H11BN2O3. The summed E-state index contributed by atoms with van der Waals surface area (Å²) in [5.74, 6) is -0.282. The van der Waals surface area contributed by atoms with Crippen LogP contribution < -0.4 is 5.46 Å². The van der Waals surface area contributed by atoms with Crippen molar-refractivity contribution < 1.29 is 14.8 Å². The SMILES string of the molecule is CN(C)C(=O)c1ccncc1B(O)O. The smallest absolute Gasteiger partial charge is 0.423 e. The number of pyridine rings is 1. The molecule has 0 aliphatic heterocycles. The van der Waals surface area contributed by atoms with Crippen molar-refractivity contribution in [1.82, 2.24) is 9.88 Å². The van der Waals surface area contributed by atoms with E-state index in [1.54, 1.807) is 14.1 Å². The lowest BCUT2D eigenvalue weighted by atomic mass is 9.78. The highest BCUT2D eigenvalue weighted by Crippen LogP contribution is 1.98. The number of carbonyl (C=O) groups is 1. The van der Waals surface area contributed by atoms with Crippen LogP contribution in [0.4, 0.5) is 0 Å². The topological polar surface area (TPSA) is 73.7 Å². The summed E-state index contributed by atoms with van der Waals surface area (Å²) in [5, 5.41) is 18.0. The third kappa shape index (κ3) is 2.10. The van der Waals surface area contributed by atoms with Gasteiger partial charge in [0, 0.05) is 37.5 Å². The minimum atomic E-state index is -1.68. The van der Waals surface area contributed by atoms with E-state index in [1.807, 2.05) is 0 Å². The van der Waals surface area contributed by atoms with E-state index < -0.39 is 7.12 Å². The minimum Gasteiger partial charge on any atom is -0.423 e. The maximum absolute atomic E-state index is 11.5. The molecule has 0 spiro atoms. The lowest BCUT2D eigenvalue weighted by Gasteiger charge is -2.12. The van der Waals surface area contributed by atoms with E-state index in [2.05, 4.69) is 4.98 Å². The third-order valence-electron chi connectivity index (χ3n) is 1.77. The predicted octanol–water partition coefficient (Wildman–Crippen LogP) is -1.54. The van der Waals surface area contributed by atoms with Crippen LogP contribution in [-0.2, 0) is 0 Å². The molecule has 6 heteroatoms. The molecule has 0 atom stereocenters. The minimum absolute atomic E-state index is 0.117. The van der Waals surface area contributed by atoms with Crippen LogP contribution in [0.2, 0.25) is 0 Å². The Morgan fingerprint density at radius 1 is 1.50 bits per heavy atom. The van der Waals surface area contributed by atoms with Crippen LogP contribution >= 0.6 is 0 Å². The maximum Gasteiger partial charge on any atom is 0.490 e. The van der Waals surface area contributed by atoms with Gasteiger partial charge >= 0.3 is 7.12 Å². The van der Waals surface area contributed by atoms with Crippen LogP contribution in [0.25, 0.3) is 0 Å². The molecule has 0 aliphatic carbocycles. The normalized spacial score (nSPS) is 9.71. The van der Waals surface area contributed by atoms with Gasteiger partial charge < -0.3 is 14.9 Å². The summed E-state index contributed by atoms with van der Waals surface area (Å²) in [4.78, 5) is 16.6. The highest BCUT2D eigenvalue weighted by Gasteiger charge is 2.21. The van der Waals surface area contributed by atoms with Crippen LogP contribution in [0.3, 0.4) is 0 Å². The van der Waals surface area contributed by atoms with Crippen molar-refractivity contribution in [2.75, 3.05) is 14.1 Å². The Bertz CT molecular complexity index is 341. The standard InChI is InChI=1S/C8H11BN2O3/c1-11(2)8(12)6-3-4-10-5-7(6)9(13)14/h3-5,13-14H,1-2H3. The van der Waals surface area contributed by atoms with Crippen LogP contribution in [0.1, 0.15) is 10.4 Å². The summed E-state index contributed by atoms with van der Waals surface area (Å²) in [6.45, 7) is 0. The monoisotopic (exact) mass is 194 g/mol. The number of rotatable bonds is 2. The lowest BCUT2D eigenvalue weighted by Crippen LogP contribution is -2.38. The van der Waals surface area contributed by atoms with Crippen LogP contribution in [0, 0.1) is 0 Å². The molecule has 0 unspecified atom stereocenters. The number of carbonyl (C=O) groups excluding carboxylic acids is 1. The second-order valence-electron chi connectivity index (χ2n) is 3.04. The van der Waals surface area contributed by atoms with E-state index in [1.165, 1.54) is 23.4 Å². The zero-order chi connectivity index (χ0) is 10.7. The summed E-state index contributed by atoms with van der Waals surface area (Å²) in [5.41, 5.74) is 0.367. The summed E-state index contributed by atoms with van der Waals surface area (Å²) in [6, 6.07) is 1.46. The molecule has 74 valence electrons. The van der Waals surface area contributed by atoms with Gasteiger partial charge in [0.1, 0.15) is 0 Å². The molecule has 0 radical (unpaired) electrons. The van der Waals surface area contributed by atoms with E-state index in [-0.39, 0.29) is 16.9 Å². The van der Waals surface area contributed by atoms with Crippen molar-refractivity contribution in [2.24, 2.45) is 0 Å². The van der Waals surface area contributed by atoms with Gasteiger partial charge in [0.2, 0.25) is 0 Å². The van der Waals surface area contributed by atoms with Gasteiger partial charge in [-0.05, 0) is 6.07 Å². The molecule has 0 aliphatic rings. The summed E-state index contributed by atoms with van der Waals surface area (Å²) in [6.07, 6.45) is 2.70. The molecule has 1 amide bonds. The molecule has 14 heavy (non-hydrogen) atoms. The zero-order valence-electron chi connectivity index (χ0n) is 8.01. The first kappa shape index (κ1) is 10.7. The van der Waals surface area contributed by atoms with Gasteiger partial charge in [-0.3, -0.25) is 9.78 Å². The molecule has 0 saturated heterocycles. The quantitative estimate of drug-likeness (QED) is 0.559. The number of amides is 1. The van der Waals surface area contributed by atoms with E-state index in [4.69, 9.17) is 10.0 Å². The lowest BCUT2D eigenvalue weighted by molar-refractivity contribution is 0.0828. The van der Waals surface area contributed by atoms with Crippen molar-refractivity contribution >= 4 is 18.5 Å². The summed E-state index contributed by atoms with van der Waals surface area (Å²) < 4.78 is 0. The zero-order valence-corrected chi connectivity index (χ0v) is 8.01. The highest BCUT2D eigenvalue weighted by molar-refractivity contribution is 6.60. The fourth-order valence-corrected chi connectivity index (χ4v) is 1.05. The molecule has 0 bridgehead atoms. The molecular weight excluding hydrogens is 183 g/mol. The van der Waals surface area contributed by atoms with Gasteiger partial charge in [0.25, 0.3) is 5.91 Å². The molecule has 1 aromatic heterocycles. The van der Waals surface area contributed by atoms with E-state index in [0.29, 0.717) is 0 Å². The van der Waals surface area contributed by atoms with Gasteiger partial charge in [-0.1, -0.05) is 0 Å². The molecule has 1 heterocycles. The van der Waals surface area contributed by atoms with Gasteiger partial charge in [0.05, 0.1) is 0 Å². The Labute approximate surface area is 82.1 Å². The summed E-state index contributed by atoms with van der Waals surface area (Å²) >= 11 is 0. The van der Waals surface area contributed by atoms with Crippen molar-refractivity contribution in [3.8, 4) is 0 Å². The molecule has 5 nitrogen and oxygen atoms in total. The van der Waals surface area contributed by atoms with E-state index >= 15 is 0 Å². The van der Waals surface area contributed by atoms with Crippen molar-refractivity contribution in [2.45, 2.75) is 0 Å². The molecule has 1 aromatic rings. The number of hydrogen-bond acceptors (Lipinski definition) is 4. The molecule has 0 aromatic carbocycles. The average molecular weight is 194 g/mol. The Morgan fingerprint density at radius 2 is 2.14 bits per heavy atom. The number of aromatic nitrogens is 1. The van der Waals surface area contributed by atoms with Crippen LogP contribution in [0.15, 0.2) is 18.5 Å². The third-order valence-corrected chi connectivity index (χ3v) is 1.77. The number of hydrogen-bond donors (Lipinski definition) is 2. The van der Waals surface area contributed by atoms with Gasteiger partial charge in [-0.15, -0.1) is 0 Å². The predicted molar refractivity (Wildman–Crippen MR) is 52.1 cm³/mol. The van der Waals surface area contributed by atoms with Crippen LogP contribution in [-0.4, -0.2) is 47.1 Å². The fraction of sp³-hybridized carbons (Fsp3) is 0.250. The largest absolute Gasteiger partial charge is 0.490 e. The highest BCUT2D eigenvalue weighted by atomic mass is 16.4. The van der Waals surface area contributed by atoms with Gasteiger partial charge in [-0.2, -0.15) is 0 Å². The summed E-state index contributed by atoms with van der Waals surface area (Å²) in [7, 11) is 1.51. The first-order valence-electron chi connectivity index (χ1n) is 4.05. The van der Waals surface area contributed by atoms with E-state index in [9.17, 15) is 4.79 Å². The van der Waals surface area contributed by atoms with Gasteiger partial charge in [-0.25, -0.2) is 0 Å². The molecule has 0 saturated carbocycles. The van der Waals surface area contributed by atoms with E-state index in [0.717, 1.165) is 0 Å². The number of nitrogens with zero attached hydrogens (tertiary/aromatic N) is 2. The first-order chi connectivity index (χ1) is 6.54. The second kappa shape index (κ2) is 4.21. The molecule has 1 rings (SSSR count). The Morgan fingerprint density at radius 3 is 2.64 bits per heavy atom. The second-order valence-corrected chi connectivity index (χ2v) is 3.04. The Hall–Kier alpha value is -1.40. The first-order valence-corrected chi connectivity index (χ1v) is 4.05. The fourth-order valence-electron chi connectivity index (χ4n) is 1.05. The molecule has 0 fully saturated rings. The maximum atomic E-state index is 11.5.